The van der Waals surface area contributed by atoms with Gasteiger partial charge in [-0.2, -0.15) is 0 Å². The van der Waals surface area contributed by atoms with Gasteiger partial charge in [0.1, 0.15) is 43.7 Å². The molecule has 4 aromatic rings. The SMILES string of the molecule is C.C.COCCOc1cc(C=O)c(O)cn1.COCCOc1cc(C=O)c(OCOC)cn1.COCCOc1ncc(O)cc1C=O.COCCOc1ncc(OCOC)cc1C=O. The summed E-state index contributed by atoms with van der Waals surface area (Å²) in [6, 6.07) is 5.72. The Balaban J connectivity index is 0. The highest BCUT2D eigenvalue weighted by molar-refractivity contribution is 5.80. The van der Waals surface area contributed by atoms with E-state index >= 15 is 0 Å². The topological polar surface area (TPSA) is 271 Å². The van der Waals surface area contributed by atoms with Crippen LogP contribution in [0.15, 0.2) is 49.1 Å². The number of aldehydes is 4. The Bertz CT molecular complexity index is 1870. The van der Waals surface area contributed by atoms with Crippen molar-refractivity contribution < 1.29 is 86.2 Å². The second-order valence-corrected chi connectivity index (χ2v) is 11.2. The molecular formula is C42H60N4O18. The second-order valence-electron chi connectivity index (χ2n) is 11.2. The molecule has 0 amide bonds. The summed E-state index contributed by atoms with van der Waals surface area (Å²) in [5.74, 6) is 1.71. The number of hydrogen-bond donors (Lipinski definition) is 2. The van der Waals surface area contributed by atoms with Crippen LogP contribution in [0.1, 0.15) is 56.3 Å². The molecule has 0 aliphatic heterocycles. The Kier molecular flexibility index (Phi) is 35.5. The maximum absolute atomic E-state index is 10.8. The van der Waals surface area contributed by atoms with Gasteiger partial charge >= 0.3 is 0 Å². The van der Waals surface area contributed by atoms with Crippen LogP contribution in [0.5, 0.6) is 46.5 Å². The van der Waals surface area contributed by atoms with Gasteiger partial charge < -0.3 is 67.1 Å². The molecule has 0 bridgehead atoms. The first-order chi connectivity index (χ1) is 30.2. The molecule has 2 N–H and O–H groups in total. The minimum Gasteiger partial charge on any atom is -0.506 e. The number of aromatic nitrogens is 4. The normalized spacial score (nSPS) is 9.59. The van der Waals surface area contributed by atoms with E-state index in [9.17, 15) is 19.2 Å². The lowest BCUT2D eigenvalue weighted by Gasteiger charge is -2.09. The van der Waals surface area contributed by atoms with Crippen molar-refractivity contribution in [3.8, 4) is 46.5 Å². The van der Waals surface area contributed by atoms with Crippen molar-refractivity contribution in [2.45, 2.75) is 14.9 Å². The van der Waals surface area contributed by atoms with Crippen LogP contribution in [0, 0.1) is 0 Å². The third-order valence-electron chi connectivity index (χ3n) is 6.79. The van der Waals surface area contributed by atoms with Crippen LogP contribution >= 0.6 is 0 Å². The number of methoxy groups -OCH3 is 6. The predicted molar refractivity (Wildman–Crippen MR) is 230 cm³/mol. The fourth-order valence-electron chi connectivity index (χ4n) is 3.89. The average molecular weight is 909 g/mol. The van der Waals surface area contributed by atoms with Gasteiger partial charge in [-0.3, -0.25) is 19.2 Å². The number of hydrogen-bond acceptors (Lipinski definition) is 22. The van der Waals surface area contributed by atoms with Crippen LogP contribution in [0.2, 0.25) is 0 Å². The van der Waals surface area contributed by atoms with E-state index in [1.807, 2.05) is 0 Å². The number of rotatable bonds is 26. The summed E-state index contributed by atoms with van der Waals surface area (Å²) in [6.07, 6.45) is 7.74. The molecule has 4 rings (SSSR count). The Labute approximate surface area is 372 Å². The van der Waals surface area contributed by atoms with Gasteiger partial charge in [-0.15, -0.1) is 0 Å². The zero-order valence-electron chi connectivity index (χ0n) is 35.2. The molecule has 4 heterocycles. The minimum atomic E-state index is -0.154. The standard InChI is InChI=1S/2C11H15NO5.2C9H11NO4.2CH4/c1-14-3-4-16-11-5-9(7-13)10(6-12-11)17-8-15-2;1-14-3-4-16-11-9(7-13)5-10(6-12-11)17-8-15-2;1-13-2-3-14-9-4-7(6-11)8(12)5-10-9;1-13-2-3-14-9-7(6-11)4-8(12)5-10-9;;/h2*5-7H,3-4,8H2,1-2H3;2*4-6,12H,2-3H2,1H3;2*1H4. The number of carbonyl (C=O) groups is 4. The quantitative estimate of drug-likeness (QED) is 0.0504. The third-order valence-corrected chi connectivity index (χ3v) is 6.79. The van der Waals surface area contributed by atoms with Crippen molar-refractivity contribution in [3.05, 3.63) is 71.3 Å². The number of carbonyl (C=O) groups excluding carboxylic acids is 4. The molecule has 4 aromatic heterocycles. The van der Waals surface area contributed by atoms with Crippen molar-refractivity contribution >= 4 is 25.1 Å². The fraction of sp³-hybridized carbons (Fsp3) is 0.429. The molecule has 0 atom stereocenters. The van der Waals surface area contributed by atoms with E-state index in [1.54, 1.807) is 34.5 Å². The molecule has 22 nitrogen and oxygen atoms in total. The highest BCUT2D eigenvalue weighted by Crippen LogP contribution is 2.22. The van der Waals surface area contributed by atoms with Crippen molar-refractivity contribution in [2.24, 2.45) is 0 Å². The van der Waals surface area contributed by atoms with E-state index in [0.717, 1.165) is 0 Å². The van der Waals surface area contributed by atoms with Gasteiger partial charge in [0.05, 0.1) is 73.5 Å². The molecule has 0 aliphatic carbocycles. The Hall–Kier alpha value is -6.56. The first-order valence-corrected chi connectivity index (χ1v) is 18.1. The smallest absolute Gasteiger partial charge is 0.224 e. The Morgan fingerprint density at radius 3 is 1.36 bits per heavy atom. The van der Waals surface area contributed by atoms with Gasteiger partial charge in [-0.25, -0.2) is 19.9 Å². The van der Waals surface area contributed by atoms with E-state index in [2.05, 4.69) is 19.9 Å². The predicted octanol–water partition coefficient (Wildman–Crippen LogP) is 4.33. The van der Waals surface area contributed by atoms with E-state index in [1.165, 1.54) is 57.2 Å². The molecule has 0 aromatic carbocycles. The molecule has 0 spiro atoms. The first kappa shape index (κ1) is 59.5. The van der Waals surface area contributed by atoms with Crippen molar-refractivity contribution in [2.75, 3.05) is 109 Å². The number of ether oxygens (including phenoxy) is 12. The van der Waals surface area contributed by atoms with Gasteiger partial charge in [-0.05, 0) is 12.1 Å². The Morgan fingerprint density at radius 2 is 0.875 bits per heavy atom. The van der Waals surface area contributed by atoms with E-state index in [4.69, 9.17) is 67.1 Å². The lowest BCUT2D eigenvalue weighted by molar-refractivity contribution is 0.0500. The zero-order chi connectivity index (χ0) is 45.8. The highest BCUT2D eigenvalue weighted by Gasteiger charge is 2.09. The van der Waals surface area contributed by atoms with Crippen molar-refractivity contribution in [3.63, 3.8) is 0 Å². The molecule has 0 saturated heterocycles. The Morgan fingerprint density at radius 1 is 0.438 bits per heavy atom. The molecule has 0 saturated carbocycles. The van der Waals surface area contributed by atoms with Crippen LogP contribution in [0.25, 0.3) is 0 Å². The largest absolute Gasteiger partial charge is 0.506 e. The summed E-state index contributed by atoms with van der Waals surface area (Å²) in [4.78, 5) is 58.2. The van der Waals surface area contributed by atoms with Crippen LogP contribution in [-0.4, -0.2) is 164 Å². The highest BCUT2D eigenvalue weighted by atomic mass is 16.7. The van der Waals surface area contributed by atoms with Gasteiger partial charge in [0.2, 0.25) is 23.5 Å². The molecule has 0 fully saturated rings. The maximum Gasteiger partial charge on any atom is 0.224 e. The first-order valence-electron chi connectivity index (χ1n) is 18.1. The maximum atomic E-state index is 10.8. The van der Waals surface area contributed by atoms with Gasteiger partial charge in [0, 0.05) is 54.8 Å². The number of pyridine rings is 4. The van der Waals surface area contributed by atoms with Crippen molar-refractivity contribution in [1.82, 2.24) is 19.9 Å². The molecule has 0 radical (unpaired) electrons. The summed E-state index contributed by atoms with van der Waals surface area (Å²) in [5, 5.41) is 18.2. The van der Waals surface area contributed by atoms with Crippen LogP contribution in [0.3, 0.4) is 0 Å². The molecule has 356 valence electrons. The molecular weight excluding hydrogens is 848 g/mol. The number of aromatic hydroxyl groups is 2. The fourth-order valence-corrected chi connectivity index (χ4v) is 3.89. The van der Waals surface area contributed by atoms with E-state index in [0.29, 0.717) is 112 Å². The second kappa shape index (κ2) is 38.1. The summed E-state index contributed by atoms with van der Waals surface area (Å²) in [7, 11) is 9.26. The van der Waals surface area contributed by atoms with Crippen LogP contribution in [-0.2, 0) is 28.4 Å². The van der Waals surface area contributed by atoms with E-state index < -0.39 is 0 Å². The summed E-state index contributed by atoms with van der Waals surface area (Å²) >= 11 is 0. The monoisotopic (exact) mass is 908 g/mol. The lowest BCUT2D eigenvalue weighted by Crippen LogP contribution is -2.08. The van der Waals surface area contributed by atoms with Crippen LogP contribution in [0.4, 0.5) is 0 Å². The van der Waals surface area contributed by atoms with Crippen molar-refractivity contribution in [1.29, 1.82) is 0 Å². The molecule has 0 aliphatic rings. The average Bonchev–Trinajstić information content (AvgIpc) is 3.30. The molecule has 22 heteroatoms. The van der Waals surface area contributed by atoms with Gasteiger partial charge in [-0.1, -0.05) is 14.9 Å². The zero-order valence-corrected chi connectivity index (χ0v) is 35.2. The van der Waals surface area contributed by atoms with Gasteiger partial charge in [0.15, 0.2) is 44.5 Å². The molecule has 64 heavy (non-hydrogen) atoms. The number of nitrogens with zero attached hydrogens (tertiary/aromatic N) is 4. The van der Waals surface area contributed by atoms with Crippen LogP contribution < -0.4 is 28.4 Å². The summed E-state index contributed by atoms with van der Waals surface area (Å²) < 4.78 is 59.8. The molecule has 0 unspecified atom stereocenters. The summed E-state index contributed by atoms with van der Waals surface area (Å²) in [6.45, 7) is 3.29. The van der Waals surface area contributed by atoms with Gasteiger partial charge in [0.25, 0.3) is 0 Å². The summed E-state index contributed by atoms with van der Waals surface area (Å²) in [5.41, 5.74) is 1.08. The lowest BCUT2D eigenvalue weighted by atomic mass is 10.3. The third kappa shape index (κ3) is 24.8. The van der Waals surface area contributed by atoms with E-state index in [-0.39, 0.29) is 62.8 Å². The minimum absolute atomic E-state index is 0.